The fraction of sp³-hybridized carbons (Fsp3) is 0.361. The van der Waals surface area contributed by atoms with Gasteiger partial charge in [0.05, 0.1) is 32.2 Å². The lowest BCUT2D eigenvalue weighted by Crippen LogP contribution is -2.48. The van der Waals surface area contributed by atoms with Gasteiger partial charge in [0.15, 0.2) is 12.2 Å². The average molecular weight is 581 g/mol. The van der Waals surface area contributed by atoms with Crippen LogP contribution in [0.3, 0.4) is 0 Å². The van der Waals surface area contributed by atoms with Gasteiger partial charge in [0.2, 0.25) is 5.69 Å². The molecule has 1 aliphatic rings. The van der Waals surface area contributed by atoms with Crippen molar-refractivity contribution < 1.29 is 14.4 Å². The molecule has 0 bridgehead atoms. The summed E-state index contributed by atoms with van der Waals surface area (Å²) in [7, 11) is 0.160. The number of hydrogen-bond donors (Lipinski definition) is 1. The molecule has 2 unspecified atom stereocenters. The van der Waals surface area contributed by atoms with Crippen molar-refractivity contribution in [3.05, 3.63) is 83.6 Å². The molecule has 5 aromatic rings. The normalized spacial score (nSPS) is 17.8. The molecule has 0 saturated carbocycles. The molecule has 0 radical (unpaired) electrons. The summed E-state index contributed by atoms with van der Waals surface area (Å²) in [5, 5.41) is 17.6. The first-order valence-corrected chi connectivity index (χ1v) is 19.0. The van der Waals surface area contributed by atoms with Gasteiger partial charge in [-0.15, -0.1) is 11.3 Å². The molecule has 0 spiro atoms. The van der Waals surface area contributed by atoms with Gasteiger partial charge in [0.1, 0.15) is 0 Å². The number of nitrogens with zero attached hydrogens (tertiary/aromatic N) is 1. The van der Waals surface area contributed by atoms with E-state index in [9.17, 15) is 5.11 Å². The lowest BCUT2D eigenvalue weighted by atomic mass is 9.74. The third kappa shape index (κ3) is 4.49. The van der Waals surface area contributed by atoms with Crippen molar-refractivity contribution in [1.82, 2.24) is 0 Å². The fourth-order valence-electron chi connectivity index (χ4n) is 7.02. The zero-order valence-corrected chi connectivity index (χ0v) is 27.4. The van der Waals surface area contributed by atoms with Gasteiger partial charge in [0, 0.05) is 39.5 Å². The van der Waals surface area contributed by atoms with Gasteiger partial charge in [-0.2, -0.15) is 4.57 Å². The van der Waals surface area contributed by atoms with Gasteiger partial charge in [-0.3, -0.25) is 0 Å². The zero-order valence-electron chi connectivity index (χ0n) is 25.6. The Morgan fingerprint density at radius 3 is 2.39 bits per heavy atom. The highest BCUT2D eigenvalue weighted by Gasteiger charge is 2.43. The van der Waals surface area contributed by atoms with Gasteiger partial charge < -0.3 is 9.84 Å². The second-order valence-electron chi connectivity index (χ2n) is 13.7. The molecule has 5 heteroatoms. The second kappa shape index (κ2) is 10.2. The maximum atomic E-state index is 10.7. The SMILES string of the molecule is COC/C=C(\CO)C1C(C)c2c(cc(C(C)(C)C)c3ccccc23)-c2c3c(cc[n+]21)sc1c([Si](C)(C)C)cccc13. The molecule has 2 atom stereocenters. The third-order valence-corrected chi connectivity index (χ3v) is 12.3. The van der Waals surface area contributed by atoms with Crippen LogP contribution in [0.5, 0.6) is 0 Å². The lowest BCUT2D eigenvalue weighted by molar-refractivity contribution is -0.708. The van der Waals surface area contributed by atoms with Crippen LogP contribution in [0.2, 0.25) is 19.6 Å². The number of pyridine rings is 1. The quantitative estimate of drug-likeness (QED) is 0.129. The van der Waals surface area contributed by atoms with E-state index in [1.54, 1.807) is 7.11 Å². The number of fused-ring (bicyclic) bond motifs is 9. The number of aliphatic hydroxyl groups excluding tert-OH is 1. The minimum absolute atomic E-state index is 0.000339. The fourth-order valence-corrected chi connectivity index (χ4v) is 10.6. The van der Waals surface area contributed by atoms with Crippen LogP contribution < -0.4 is 9.75 Å². The van der Waals surface area contributed by atoms with Crippen molar-refractivity contribution in [3.63, 3.8) is 0 Å². The molecule has 6 rings (SSSR count). The number of aliphatic hydroxyl groups is 1. The molecule has 3 heterocycles. The van der Waals surface area contributed by atoms with Crippen molar-refractivity contribution in [3.8, 4) is 11.3 Å². The molecule has 0 aliphatic carbocycles. The first kappa shape index (κ1) is 28.3. The van der Waals surface area contributed by atoms with Crippen LogP contribution in [0.15, 0.2) is 72.4 Å². The van der Waals surface area contributed by atoms with Crippen molar-refractivity contribution in [2.75, 3.05) is 20.3 Å². The predicted octanol–water partition coefficient (Wildman–Crippen LogP) is 8.23. The van der Waals surface area contributed by atoms with Gasteiger partial charge in [-0.05, 0) is 38.6 Å². The maximum absolute atomic E-state index is 10.7. The van der Waals surface area contributed by atoms with E-state index < -0.39 is 8.07 Å². The largest absolute Gasteiger partial charge is 0.392 e. The van der Waals surface area contributed by atoms with Crippen LogP contribution in [0.25, 0.3) is 42.2 Å². The van der Waals surface area contributed by atoms with Crippen molar-refractivity contribution in [2.45, 2.75) is 64.7 Å². The van der Waals surface area contributed by atoms with Gasteiger partial charge in [0.25, 0.3) is 0 Å². The average Bonchev–Trinajstić information content (AvgIpc) is 3.31. The Bertz CT molecular complexity index is 1840. The smallest absolute Gasteiger partial charge is 0.222 e. The number of methoxy groups -OCH3 is 1. The summed E-state index contributed by atoms with van der Waals surface area (Å²) in [5.74, 6) is 0.163. The topological polar surface area (TPSA) is 33.3 Å². The summed E-state index contributed by atoms with van der Waals surface area (Å²) in [6.07, 6.45) is 4.35. The molecule has 41 heavy (non-hydrogen) atoms. The molecular weight excluding hydrogens is 539 g/mol. The van der Waals surface area contributed by atoms with Gasteiger partial charge in [-0.1, -0.05) is 95.9 Å². The highest BCUT2D eigenvalue weighted by atomic mass is 32.1. The Kier molecular flexibility index (Phi) is 7.01. The molecular formula is C36H42NO2SSi+. The summed E-state index contributed by atoms with van der Waals surface area (Å²) in [5.41, 5.74) is 6.34. The minimum Gasteiger partial charge on any atom is -0.392 e. The maximum Gasteiger partial charge on any atom is 0.222 e. The van der Waals surface area contributed by atoms with Gasteiger partial charge in [-0.25, -0.2) is 0 Å². The molecule has 1 N–H and O–H groups in total. The van der Waals surface area contributed by atoms with Crippen LogP contribution in [-0.2, 0) is 10.2 Å². The number of aromatic nitrogens is 1. The number of rotatable bonds is 5. The number of ether oxygens (including phenoxy) is 1. The Labute approximate surface area is 249 Å². The molecule has 0 fully saturated rings. The van der Waals surface area contributed by atoms with Crippen LogP contribution in [0, 0.1) is 0 Å². The molecule has 0 saturated heterocycles. The first-order valence-electron chi connectivity index (χ1n) is 14.7. The van der Waals surface area contributed by atoms with Crippen molar-refractivity contribution in [2.24, 2.45) is 0 Å². The Balaban J connectivity index is 1.82. The van der Waals surface area contributed by atoms with Crippen LogP contribution in [0.4, 0.5) is 0 Å². The summed E-state index contributed by atoms with van der Waals surface area (Å²) in [6, 6.07) is 20.6. The summed E-state index contributed by atoms with van der Waals surface area (Å²) in [4.78, 5) is 0. The second-order valence-corrected chi connectivity index (χ2v) is 19.7. The van der Waals surface area contributed by atoms with Gasteiger partial charge >= 0.3 is 0 Å². The van der Waals surface area contributed by atoms with E-state index >= 15 is 0 Å². The highest BCUT2D eigenvalue weighted by molar-refractivity contribution is 7.27. The molecule has 3 nitrogen and oxygen atoms in total. The van der Waals surface area contributed by atoms with E-state index in [-0.39, 0.29) is 24.0 Å². The predicted molar refractivity (Wildman–Crippen MR) is 179 cm³/mol. The zero-order chi connectivity index (χ0) is 29.3. The number of benzene rings is 3. The van der Waals surface area contributed by atoms with E-state index in [2.05, 4.69) is 119 Å². The minimum atomic E-state index is -1.55. The van der Waals surface area contributed by atoms with E-state index in [1.807, 2.05) is 11.3 Å². The van der Waals surface area contributed by atoms with Crippen molar-refractivity contribution >= 4 is 55.5 Å². The van der Waals surface area contributed by atoms with E-state index in [4.69, 9.17) is 4.74 Å². The van der Waals surface area contributed by atoms with Crippen LogP contribution >= 0.6 is 11.3 Å². The van der Waals surface area contributed by atoms with E-state index in [0.29, 0.717) is 6.61 Å². The molecule has 212 valence electrons. The van der Waals surface area contributed by atoms with Crippen molar-refractivity contribution in [1.29, 1.82) is 0 Å². The lowest BCUT2D eigenvalue weighted by Gasteiger charge is -2.33. The first-order chi connectivity index (χ1) is 19.5. The highest BCUT2D eigenvalue weighted by Crippen LogP contribution is 2.50. The molecule has 3 aromatic carbocycles. The molecule has 1 aliphatic heterocycles. The Hall–Kier alpha value is -2.83. The Morgan fingerprint density at radius 1 is 1.02 bits per heavy atom. The van der Waals surface area contributed by atoms with Crippen LogP contribution in [-0.4, -0.2) is 33.5 Å². The molecule has 0 amide bonds. The Morgan fingerprint density at radius 2 is 1.73 bits per heavy atom. The summed E-state index contributed by atoms with van der Waals surface area (Å²) < 4.78 is 10.7. The standard InChI is InChI=1S/C36H42NO2SSi/c1-22-31-25-13-10-9-12-24(25)28(36(2,3)4)20-27(31)34-32-26-14-11-15-30(41(6,7)8)35(26)40-29(32)16-18-37(34)33(22)23(21-38)17-19-39-5/h9-18,20,22,33,38H,19,21H2,1-8H3/q+1/b23-17+. The summed E-state index contributed by atoms with van der Waals surface area (Å²) >= 11 is 1.94. The monoisotopic (exact) mass is 580 g/mol. The summed E-state index contributed by atoms with van der Waals surface area (Å²) in [6.45, 7) is 17.1. The number of thiophene rings is 1. The number of hydrogen-bond acceptors (Lipinski definition) is 3. The van der Waals surface area contributed by atoms with E-state index in [0.717, 1.165) is 5.57 Å². The van der Waals surface area contributed by atoms with E-state index in [1.165, 1.54) is 58.5 Å². The molecule has 2 aromatic heterocycles. The van der Waals surface area contributed by atoms with Crippen LogP contribution in [0.1, 0.15) is 50.8 Å². The third-order valence-electron chi connectivity index (χ3n) is 8.89.